The van der Waals surface area contributed by atoms with Crippen molar-refractivity contribution in [3.63, 3.8) is 0 Å². The van der Waals surface area contributed by atoms with Crippen LogP contribution in [0.25, 0.3) is 0 Å². The molecule has 0 aliphatic rings. The van der Waals surface area contributed by atoms with Gasteiger partial charge >= 0.3 is 0 Å². The van der Waals surface area contributed by atoms with Crippen LogP contribution in [-0.2, 0) is 10.0 Å². The Labute approximate surface area is 190 Å². The van der Waals surface area contributed by atoms with Crippen molar-refractivity contribution in [3.05, 3.63) is 82.4 Å². The Morgan fingerprint density at radius 3 is 2.33 bits per heavy atom. The number of methoxy groups -OCH3 is 1. The van der Waals surface area contributed by atoms with E-state index >= 15 is 0 Å². The van der Waals surface area contributed by atoms with Gasteiger partial charge in [0.2, 0.25) is 0 Å². The molecule has 0 heterocycles. The maximum Gasteiger partial charge on any atom is 0.286 e. The number of nitro groups is 1. The van der Waals surface area contributed by atoms with Gasteiger partial charge in [0.15, 0.2) is 11.5 Å². The predicted octanol–water partition coefficient (Wildman–Crippen LogP) is 4.06. The maximum absolute atomic E-state index is 12.9. The fourth-order valence-corrected chi connectivity index (χ4v) is 4.05. The molecule has 11 heteroatoms. The van der Waals surface area contributed by atoms with E-state index in [0.29, 0.717) is 0 Å². The first-order chi connectivity index (χ1) is 15.7. The van der Waals surface area contributed by atoms with Gasteiger partial charge in [0, 0.05) is 11.8 Å². The number of amides is 1. The van der Waals surface area contributed by atoms with Gasteiger partial charge in [0.05, 0.1) is 35.3 Å². The van der Waals surface area contributed by atoms with Crippen LogP contribution in [0.2, 0.25) is 0 Å². The molecule has 0 saturated carbocycles. The van der Waals surface area contributed by atoms with E-state index in [1.54, 1.807) is 25.1 Å². The Hall–Kier alpha value is -4.12. The van der Waals surface area contributed by atoms with Gasteiger partial charge in [-0.2, -0.15) is 0 Å². The van der Waals surface area contributed by atoms with Crippen LogP contribution in [0, 0.1) is 10.1 Å². The summed E-state index contributed by atoms with van der Waals surface area (Å²) in [5.74, 6) is -0.467. The van der Waals surface area contributed by atoms with Crippen LogP contribution in [0.15, 0.2) is 71.6 Å². The van der Waals surface area contributed by atoms with Gasteiger partial charge in [-0.3, -0.25) is 19.6 Å². The van der Waals surface area contributed by atoms with Crippen LogP contribution >= 0.6 is 0 Å². The predicted molar refractivity (Wildman–Crippen MR) is 122 cm³/mol. The molecule has 3 aromatic carbocycles. The van der Waals surface area contributed by atoms with E-state index in [-0.39, 0.29) is 39.9 Å². The lowest BCUT2D eigenvalue weighted by Gasteiger charge is -2.13. The average molecular weight is 471 g/mol. The molecule has 0 aliphatic carbocycles. The van der Waals surface area contributed by atoms with E-state index in [9.17, 15) is 23.3 Å². The van der Waals surface area contributed by atoms with Gasteiger partial charge in [-0.05, 0) is 37.3 Å². The number of ether oxygens (including phenoxy) is 2. The second-order valence-corrected chi connectivity index (χ2v) is 8.35. The summed E-state index contributed by atoms with van der Waals surface area (Å²) in [4.78, 5) is 23.8. The number of nitrogens with one attached hydrogen (secondary N) is 2. The Morgan fingerprint density at radius 1 is 1.00 bits per heavy atom. The number of carbonyl (C=O) groups excluding carboxylic acids is 1. The Balaban J connectivity index is 1.88. The minimum Gasteiger partial charge on any atom is -0.493 e. The molecule has 0 saturated heterocycles. The molecule has 1 amide bonds. The van der Waals surface area contributed by atoms with Crippen molar-refractivity contribution in [1.82, 2.24) is 0 Å². The number of carbonyl (C=O) groups is 1. The highest BCUT2D eigenvalue weighted by molar-refractivity contribution is 7.92. The first-order valence-electron chi connectivity index (χ1n) is 9.73. The molecule has 172 valence electrons. The van der Waals surface area contributed by atoms with Crippen LogP contribution in [0.1, 0.15) is 17.3 Å². The summed E-state index contributed by atoms with van der Waals surface area (Å²) in [5.41, 5.74) is -0.263. The zero-order valence-electron chi connectivity index (χ0n) is 17.8. The second-order valence-electron chi connectivity index (χ2n) is 6.66. The van der Waals surface area contributed by atoms with Crippen molar-refractivity contribution < 1.29 is 27.6 Å². The quantitative estimate of drug-likeness (QED) is 0.355. The molecule has 0 radical (unpaired) electrons. The number of nitrogens with zero attached hydrogens (tertiary/aromatic N) is 1. The van der Waals surface area contributed by atoms with Gasteiger partial charge in [-0.25, -0.2) is 8.42 Å². The van der Waals surface area contributed by atoms with Gasteiger partial charge in [0.1, 0.15) is 5.56 Å². The van der Waals surface area contributed by atoms with Crippen molar-refractivity contribution in [2.75, 3.05) is 23.8 Å². The number of benzene rings is 3. The van der Waals surface area contributed by atoms with E-state index in [0.717, 1.165) is 6.07 Å². The number of anilines is 2. The standard InChI is InChI=1S/C22H21N3O7S/c1-3-32-21-13-18(19(25(27)28)14-20(21)31-2)22(26)23-15-8-7-9-16(12-15)24-33(29,30)17-10-5-4-6-11-17/h4-14,24H,3H2,1-2H3,(H,23,26). The third-order valence-electron chi connectivity index (χ3n) is 4.45. The van der Waals surface area contributed by atoms with Crippen molar-refractivity contribution in [1.29, 1.82) is 0 Å². The van der Waals surface area contributed by atoms with Crippen molar-refractivity contribution >= 4 is 33.0 Å². The summed E-state index contributed by atoms with van der Waals surface area (Å²) in [6, 6.07) is 16.1. The van der Waals surface area contributed by atoms with Crippen LogP contribution in [0.3, 0.4) is 0 Å². The number of rotatable bonds is 9. The molecule has 3 rings (SSSR count). The van der Waals surface area contributed by atoms with Crippen LogP contribution in [0.4, 0.5) is 17.1 Å². The van der Waals surface area contributed by atoms with Crippen LogP contribution < -0.4 is 19.5 Å². The van der Waals surface area contributed by atoms with Gasteiger partial charge in [0.25, 0.3) is 21.6 Å². The fraction of sp³-hybridized carbons (Fsp3) is 0.136. The van der Waals surface area contributed by atoms with Crippen LogP contribution in [0.5, 0.6) is 11.5 Å². The van der Waals surface area contributed by atoms with Gasteiger partial charge < -0.3 is 14.8 Å². The number of hydrogen-bond acceptors (Lipinski definition) is 7. The van der Waals surface area contributed by atoms with E-state index in [4.69, 9.17) is 9.47 Å². The molecule has 2 N–H and O–H groups in total. The molecular formula is C22H21N3O7S. The summed E-state index contributed by atoms with van der Waals surface area (Å²) in [6.45, 7) is 1.99. The summed E-state index contributed by atoms with van der Waals surface area (Å²) in [6.07, 6.45) is 0. The van der Waals surface area contributed by atoms with E-state index in [1.807, 2.05) is 0 Å². The molecule has 0 fully saturated rings. The zero-order valence-corrected chi connectivity index (χ0v) is 18.6. The molecule has 0 spiro atoms. The number of sulfonamides is 1. The Kier molecular flexibility index (Phi) is 7.13. The van der Waals surface area contributed by atoms with E-state index < -0.39 is 26.5 Å². The largest absolute Gasteiger partial charge is 0.493 e. The Morgan fingerprint density at radius 2 is 1.70 bits per heavy atom. The minimum atomic E-state index is -3.83. The number of nitro benzene ring substituents is 1. The third-order valence-corrected chi connectivity index (χ3v) is 5.85. The maximum atomic E-state index is 12.9. The van der Waals surface area contributed by atoms with E-state index in [2.05, 4.69) is 10.0 Å². The summed E-state index contributed by atoms with van der Waals surface area (Å²) >= 11 is 0. The van der Waals surface area contributed by atoms with Crippen LogP contribution in [-0.4, -0.2) is 33.0 Å². The molecule has 10 nitrogen and oxygen atoms in total. The van der Waals surface area contributed by atoms with E-state index in [1.165, 1.54) is 49.6 Å². The zero-order chi connectivity index (χ0) is 24.0. The average Bonchev–Trinajstić information content (AvgIpc) is 2.79. The van der Waals surface area contributed by atoms with Crippen molar-refractivity contribution in [2.45, 2.75) is 11.8 Å². The summed E-state index contributed by atoms with van der Waals surface area (Å²) < 4.78 is 38.0. The minimum absolute atomic E-state index is 0.0803. The third kappa shape index (κ3) is 5.57. The van der Waals surface area contributed by atoms with Gasteiger partial charge in [-0.1, -0.05) is 24.3 Å². The first kappa shape index (κ1) is 23.5. The SMILES string of the molecule is CCOc1cc(C(=O)Nc2cccc(NS(=O)(=O)c3ccccc3)c2)c([N+](=O)[O-])cc1OC. The highest BCUT2D eigenvalue weighted by atomic mass is 32.2. The molecule has 0 atom stereocenters. The van der Waals surface area contributed by atoms with Crippen molar-refractivity contribution in [2.24, 2.45) is 0 Å². The summed E-state index contributed by atoms with van der Waals surface area (Å²) in [7, 11) is -2.49. The smallest absolute Gasteiger partial charge is 0.286 e. The molecular weight excluding hydrogens is 450 g/mol. The topological polar surface area (TPSA) is 137 Å². The lowest BCUT2D eigenvalue weighted by atomic mass is 10.1. The lowest BCUT2D eigenvalue weighted by Crippen LogP contribution is -2.16. The second kappa shape index (κ2) is 10.0. The molecule has 0 aliphatic heterocycles. The monoisotopic (exact) mass is 471 g/mol. The molecule has 0 bridgehead atoms. The highest BCUT2D eigenvalue weighted by Crippen LogP contribution is 2.35. The number of hydrogen-bond donors (Lipinski definition) is 2. The molecule has 33 heavy (non-hydrogen) atoms. The first-order valence-corrected chi connectivity index (χ1v) is 11.2. The Bertz CT molecular complexity index is 1280. The molecule has 0 unspecified atom stereocenters. The highest BCUT2D eigenvalue weighted by Gasteiger charge is 2.25. The lowest BCUT2D eigenvalue weighted by molar-refractivity contribution is -0.385. The normalized spacial score (nSPS) is 10.8. The molecule has 0 aromatic heterocycles. The van der Waals surface area contributed by atoms with Crippen molar-refractivity contribution in [3.8, 4) is 11.5 Å². The fourth-order valence-electron chi connectivity index (χ4n) is 2.98. The van der Waals surface area contributed by atoms with Gasteiger partial charge in [-0.15, -0.1) is 0 Å². The molecule has 3 aromatic rings. The summed E-state index contributed by atoms with van der Waals surface area (Å²) in [5, 5.41) is 14.1.